The third kappa shape index (κ3) is 3.45. The number of nitrogens with zero attached hydrogens (tertiary/aromatic N) is 2. The van der Waals surface area contributed by atoms with Crippen molar-refractivity contribution in [2.45, 2.75) is 12.2 Å². The van der Waals surface area contributed by atoms with Gasteiger partial charge in [0, 0.05) is 25.0 Å². The van der Waals surface area contributed by atoms with Crippen LogP contribution in [0.1, 0.15) is 6.92 Å². The molecule has 1 amide bonds. The summed E-state index contributed by atoms with van der Waals surface area (Å²) in [5.74, 6) is -0.475. The van der Waals surface area contributed by atoms with Crippen molar-refractivity contribution in [2.75, 3.05) is 18.8 Å². The van der Waals surface area contributed by atoms with E-state index in [4.69, 9.17) is 0 Å². The molecule has 2 aromatic rings. The molecule has 1 aromatic carbocycles. The second kappa shape index (κ2) is 6.45. The highest BCUT2D eigenvalue weighted by molar-refractivity contribution is 7.94. The topological polar surface area (TPSA) is 79.4 Å². The van der Waals surface area contributed by atoms with Crippen molar-refractivity contribution < 1.29 is 13.2 Å². The highest BCUT2D eigenvalue weighted by Crippen LogP contribution is 2.29. The van der Waals surface area contributed by atoms with E-state index in [0.29, 0.717) is 11.4 Å². The normalized spacial score (nSPS) is 12.7. The number of hydrogen-bond acceptors (Lipinski definition) is 5. The summed E-state index contributed by atoms with van der Waals surface area (Å²) in [6, 6.07) is 9.27. The Morgan fingerprint density at radius 3 is 2.50 bits per heavy atom. The molecule has 0 saturated heterocycles. The first kappa shape index (κ1) is 16.4. The zero-order valence-corrected chi connectivity index (χ0v) is 14.1. The van der Waals surface area contributed by atoms with Gasteiger partial charge in [0.2, 0.25) is 15.9 Å². The van der Waals surface area contributed by atoms with Gasteiger partial charge in [0.25, 0.3) is 0 Å². The van der Waals surface area contributed by atoms with Gasteiger partial charge >= 0.3 is 0 Å². The highest BCUT2D eigenvalue weighted by Gasteiger charge is 2.30. The van der Waals surface area contributed by atoms with Gasteiger partial charge in [0.05, 0.1) is 5.69 Å². The first-order valence-corrected chi connectivity index (χ1v) is 8.94. The summed E-state index contributed by atoms with van der Waals surface area (Å²) in [5.41, 5.74) is 1.75. The minimum atomic E-state index is -3.83. The number of carbonyl (C=O) groups is 1. The zero-order chi connectivity index (χ0) is 16.3. The molecule has 0 spiro atoms. The van der Waals surface area contributed by atoms with Crippen LogP contribution < -0.4 is 4.72 Å². The molecule has 0 fully saturated rings. The fourth-order valence-electron chi connectivity index (χ4n) is 1.85. The molecule has 8 heteroatoms. The van der Waals surface area contributed by atoms with Gasteiger partial charge < -0.3 is 4.90 Å². The lowest BCUT2D eigenvalue weighted by molar-refractivity contribution is -0.127. The van der Waals surface area contributed by atoms with Gasteiger partial charge in [-0.15, -0.1) is 0 Å². The van der Waals surface area contributed by atoms with Crippen molar-refractivity contribution >= 4 is 33.2 Å². The van der Waals surface area contributed by atoms with Gasteiger partial charge in [-0.3, -0.25) is 9.52 Å². The molecule has 0 radical (unpaired) electrons. The van der Waals surface area contributed by atoms with Crippen molar-refractivity contribution in [3.05, 3.63) is 35.7 Å². The van der Waals surface area contributed by atoms with Crippen molar-refractivity contribution in [2.24, 2.45) is 0 Å². The minimum Gasteiger partial charge on any atom is -0.348 e. The lowest BCUT2D eigenvalue weighted by Gasteiger charge is -2.18. The SMILES string of the molecule is CC(C(=O)N(C)C)S(=O)(=O)Nc1csnc1-c1ccccc1. The number of aromatic nitrogens is 1. The van der Waals surface area contributed by atoms with E-state index in [1.165, 1.54) is 25.9 Å². The quantitative estimate of drug-likeness (QED) is 0.904. The van der Waals surface area contributed by atoms with Crippen LogP contribution in [0, 0.1) is 0 Å². The molecular formula is C14H17N3O3S2. The van der Waals surface area contributed by atoms with Crippen LogP contribution in [0.3, 0.4) is 0 Å². The Bertz CT molecular complexity index is 755. The van der Waals surface area contributed by atoms with Crippen LogP contribution in [0.25, 0.3) is 11.3 Å². The van der Waals surface area contributed by atoms with Crippen LogP contribution in [0.2, 0.25) is 0 Å². The molecule has 0 aliphatic rings. The monoisotopic (exact) mass is 339 g/mol. The first-order chi connectivity index (χ1) is 10.3. The first-order valence-electron chi connectivity index (χ1n) is 6.55. The smallest absolute Gasteiger partial charge is 0.244 e. The summed E-state index contributed by atoms with van der Waals surface area (Å²) in [7, 11) is -0.785. The molecule has 0 aliphatic carbocycles. The van der Waals surface area contributed by atoms with E-state index in [1.807, 2.05) is 30.3 Å². The Morgan fingerprint density at radius 1 is 1.27 bits per heavy atom. The Kier molecular flexibility index (Phi) is 4.82. The molecule has 2 rings (SSSR count). The van der Waals surface area contributed by atoms with Gasteiger partial charge in [0.15, 0.2) is 5.25 Å². The van der Waals surface area contributed by atoms with Crippen LogP contribution in [0.15, 0.2) is 35.7 Å². The molecule has 1 unspecified atom stereocenters. The summed E-state index contributed by atoms with van der Waals surface area (Å²) in [4.78, 5) is 13.1. The Hall–Kier alpha value is -1.93. The molecule has 1 atom stereocenters. The fraction of sp³-hybridized carbons (Fsp3) is 0.286. The molecule has 1 aromatic heterocycles. The molecule has 0 saturated carbocycles. The van der Waals surface area contributed by atoms with E-state index in [-0.39, 0.29) is 0 Å². The van der Waals surface area contributed by atoms with Gasteiger partial charge in [-0.2, -0.15) is 4.37 Å². The third-order valence-corrected chi connectivity index (χ3v) is 5.39. The van der Waals surface area contributed by atoms with E-state index in [9.17, 15) is 13.2 Å². The lowest BCUT2D eigenvalue weighted by Crippen LogP contribution is -2.39. The van der Waals surface area contributed by atoms with Crippen LogP contribution in [-0.2, 0) is 14.8 Å². The average molecular weight is 339 g/mol. The van der Waals surface area contributed by atoms with E-state index in [1.54, 1.807) is 5.38 Å². The molecule has 1 N–H and O–H groups in total. The van der Waals surface area contributed by atoms with E-state index >= 15 is 0 Å². The van der Waals surface area contributed by atoms with Crippen LogP contribution in [0.5, 0.6) is 0 Å². The fourth-order valence-corrected chi connectivity index (χ4v) is 3.68. The van der Waals surface area contributed by atoms with Crippen molar-refractivity contribution in [3.8, 4) is 11.3 Å². The standard InChI is InChI=1S/C14H17N3O3S2/c1-10(14(18)17(2)3)22(19,20)16-12-9-21-15-13(12)11-7-5-4-6-8-11/h4-10,16H,1-3H3. The molecular weight excluding hydrogens is 322 g/mol. The van der Waals surface area contributed by atoms with Crippen molar-refractivity contribution in [3.63, 3.8) is 0 Å². The van der Waals surface area contributed by atoms with Gasteiger partial charge in [-0.1, -0.05) is 30.3 Å². The number of amides is 1. The number of benzene rings is 1. The largest absolute Gasteiger partial charge is 0.348 e. The van der Waals surface area contributed by atoms with Crippen LogP contribution in [0.4, 0.5) is 5.69 Å². The predicted octanol–water partition coefficient (Wildman–Crippen LogP) is 2.03. The molecule has 22 heavy (non-hydrogen) atoms. The zero-order valence-electron chi connectivity index (χ0n) is 12.5. The summed E-state index contributed by atoms with van der Waals surface area (Å²) in [5, 5.41) is 0.443. The molecule has 1 heterocycles. The second-order valence-corrected chi connectivity index (χ2v) is 7.60. The average Bonchev–Trinajstić information content (AvgIpc) is 2.93. The van der Waals surface area contributed by atoms with E-state index in [2.05, 4.69) is 9.10 Å². The number of anilines is 1. The number of nitrogens with one attached hydrogen (secondary N) is 1. The lowest BCUT2D eigenvalue weighted by atomic mass is 10.1. The molecule has 6 nitrogen and oxygen atoms in total. The maximum absolute atomic E-state index is 12.3. The number of carbonyl (C=O) groups excluding carboxylic acids is 1. The maximum atomic E-state index is 12.3. The predicted molar refractivity (Wildman–Crippen MR) is 88.2 cm³/mol. The molecule has 118 valence electrons. The minimum absolute atomic E-state index is 0.384. The molecule has 0 bridgehead atoms. The summed E-state index contributed by atoms with van der Waals surface area (Å²) in [6.07, 6.45) is 0. The summed E-state index contributed by atoms with van der Waals surface area (Å²) in [6.45, 7) is 1.37. The Morgan fingerprint density at radius 2 is 1.91 bits per heavy atom. The van der Waals surface area contributed by atoms with Gasteiger partial charge in [-0.25, -0.2) is 8.42 Å². The summed E-state index contributed by atoms with van der Waals surface area (Å²) >= 11 is 1.16. The Balaban J connectivity index is 2.29. The maximum Gasteiger partial charge on any atom is 0.244 e. The molecule has 0 aliphatic heterocycles. The Labute approximate surface area is 134 Å². The van der Waals surface area contributed by atoms with Gasteiger partial charge in [0.1, 0.15) is 5.69 Å². The van der Waals surface area contributed by atoms with Crippen LogP contribution >= 0.6 is 11.5 Å². The number of sulfonamides is 1. The van der Waals surface area contributed by atoms with Gasteiger partial charge in [-0.05, 0) is 18.5 Å². The second-order valence-electron chi connectivity index (χ2n) is 4.96. The number of rotatable bonds is 5. The van der Waals surface area contributed by atoms with Crippen LogP contribution in [-0.4, -0.2) is 42.9 Å². The van der Waals surface area contributed by atoms with Crippen molar-refractivity contribution in [1.29, 1.82) is 0 Å². The summed E-state index contributed by atoms with van der Waals surface area (Å²) < 4.78 is 31.4. The van der Waals surface area contributed by atoms with E-state index < -0.39 is 21.2 Å². The van der Waals surface area contributed by atoms with Crippen molar-refractivity contribution in [1.82, 2.24) is 9.27 Å². The highest BCUT2D eigenvalue weighted by atomic mass is 32.2. The number of hydrogen-bond donors (Lipinski definition) is 1. The van der Waals surface area contributed by atoms with E-state index in [0.717, 1.165) is 17.1 Å². The third-order valence-electron chi connectivity index (χ3n) is 3.12.